The summed E-state index contributed by atoms with van der Waals surface area (Å²) in [5, 5.41) is 0. The van der Waals surface area contributed by atoms with Crippen molar-refractivity contribution in [2.24, 2.45) is 0 Å². The molecule has 6 nitrogen and oxygen atoms in total. The highest BCUT2D eigenvalue weighted by Gasteiger charge is 2.19. The van der Waals surface area contributed by atoms with Crippen LogP contribution < -0.4 is 0 Å². The summed E-state index contributed by atoms with van der Waals surface area (Å²) in [7, 11) is 0. The Bertz CT molecular complexity index is 1170. The van der Waals surface area contributed by atoms with Gasteiger partial charge in [-0.05, 0) is 77.0 Å². The molecule has 0 saturated carbocycles. The van der Waals surface area contributed by atoms with Gasteiger partial charge in [-0.2, -0.15) is 0 Å². The van der Waals surface area contributed by atoms with Crippen molar-refractivity contribution in [1.29, 1.82) is 0 Å². The number of ether oxygens (including phenoxy) is 3. The Hall–Kier alpha value is -2.37. The summed E-state index contributed by atoms with van der Waals surface area (Å²) < 4.78 is 16.9. The van der Waals surface area contributed by atoms with E-state index in [-0.39, 0.29) is 31.1 Å². The van der Waals surface area contributed by atoms with Gasteiger partial charge in [0.15, 0.2) is 6.10 Å². The van der Waals surface area contributed by atoms with Crippen LogP contribution in [0.3, 0.4) is 0 Å². The maximum absolute atomic E-state index is 12.9. The summed E-state index contributed by atoms with van der Waals surface area (Å²) in [4.78, 5) is 38.3. The molecule has 0 fully saturated rings. The predicted octanol–water partition coefficient (Wildman–Crippen LogP) is 20.8. The quantitative estimate of drug-likeness (QED) is 0.0261. The first kappa shape index (κ1) is 67.6. The Labute approximate surface area is 435 Å². The Kier molecular flexibility index (Phi) is 57.2. The van der Waals surface area contributed by atoms with Crippen LogP contribution in [0.25, 0.3) is 0 Å². The topological polar surface area (TPSA) is 78.9 Å². The molecule has 0 aromatic carbocycles. The second kappa shape index (κ2) is 59.2. The molecule has 0 aliphatic heterocycles. The highest BCUT2D eigenvalue weighted by atomic mass is 16.6. The minimum Gasteiger partial charge on any atom is -0.462 e. The van der Waals surface area contributed by atoms with Crippen LogP contribution >= 0.6 is 0 Å². The molecular weight excluding hydrogens is 865 g/mol. The average molecular weight is 984 g/mol. The number of allylic oxidation sites excluding steroid dienone is 6. The van der Waals surface area contributed by atoms with Crippen molar-refractivity contribution in [1.82, 2.24) is 0 Å². The summed E-state index contributed by atoms with van der Waals surface area (Å²) in [6.45, 7) is 6.66. The van der Waals surface area contributed by atoms with Crippen molar-refractivity contribution >= 4 is 17.9 Å². The molecule has 0 aliphatic rings. The minimum absolute atomic E-state index is 0.0727. The predicted molar refractivity (Wildman–Crippen MR) is 302 cm³/mol. The van der Waals surface area contributed by atoms with E-state index < -0.39 is 6.10 Å². The molecule has 70 heavy (non-hydrogen) atoms. The molecule has 0 aliphatic carbocycles. The third-order valence-corrected chi connectivity index (χ3v) is 13.9. The fourth-order valence-electron chi connectivity index (χ4n) is 9.18. The molecule has 0 radical (unpaired) electrons. The second-order valence-corrected chi connectivity index (χ2v) is 21.0. The zero-order valence-electron chi connectivity index (χ0n) is 47.1. The van der Waals surface area contributed by atoms with E-state index >= 15 is 0 Å². The number of unbranched alkanes of at least 4 members (excludes halogenated alkanes) is 40. The van der Waals surface area contributed by atoms with Gasteiger partial charge < -0.3 is 14.2 Å². The van der Waals surface area contributed by atoms with Gasteiger partial charge in [0.25, 0.3) is 0 Å². The van der Waals surface area contributed by atoms with Crippen molar-refractivity contribution < 1.29 is 28.6 Å². The molecule has 0 rings (SSSR count). The van der Waals surface area contributed by atoms with Crippen molar-refractivity contribution in [3.63, 3.8) is 0 Å². The molecule has 0 heterocycles. The molecule has 410 valence electrons. The van der Waals surface area contributed by atoms with Gasteiger partial charge in [-0.25, -0.2) is 0 Å². The van der Waals surface area contributed by atoms with Crippen molar-refractivity contribution in [2.75, 3.05) is 13.2 Å². The molecule has 0 amide bonds. The largest absolute Gasteiger partial charge is 0.462 e. The maximum Gasteiger partial charge on any atom is 0.306 e. The molecular formula is C64H118O6. The number of rotatable bonds is 57. The van der Waals surface area contributed by atoms with Crippen LogP contribution in [0.2, 0.25) is 0 Å². The maximum atomic E-state index is 12.9. The lowest BCUT2D eigenvalue weighted by molar-refractivity contribution is -0.167. The Morgan fingerprint density at radius 2 is 0.514 bits per heavy atom. The van der Waals surface area contributed by atoms with Crippen LogP contribution in [0.4, 0.5) is 0 Å². The fraction of sp³-hybridized carbons (Fsp3) is 0.859. The first-order valence-corrected chi connectivity index (χ1v) is 31.0. The number of carbonyl (C=O) groups is 3. The first-order chi connectivity index (χ1) is 34.5. The number of hydrogen-bond acceptors (Lipinski definition) is 6. The molecule has 0 saturated heterocycles. The number of carbonyl (C=O) groups excluding carboxylic acids is 3. The summed E-state index contributed by atoms with van der Waals surface area (Å²) >= 11 is 0. The van der Waals surface area contributed by atoms with Crippen LogP contribution in [0.15, 0.2) is 36.5 Å². The molecule has 0 aromatic rings. The Morgan fingerprint density at radius 3 is 0.829 bits per heavy atom. The summed E-state index contributed by atoms with van der Waals surface area (Å²) in [5.74, 6) is -0.863. The van der Waals surface area contributed by atoms with Crippen molar-refractivity contribution in [2.45, 2.75) is 341 Å². The van der Waals surface area contributed by atoms with Gasteiger partial charge in [-0.15, -0.1) is 0 Å². The summed E-state index contributed by atoms with van der Waals surface area (Å²) in [5.41, 5.74) is 0. The Balaban J connectivity index is 4.35. The minimum atomic E-state index is -0.776. The van der Waals surface area contributed by atoms with Gasteiger partial charge >= 0.3 is 17.9 Å². The van der Waals surface area contributed by atoms with Gasteiger partial charge in [0.1, 0.15) is 13.2 Å². The van der Waals surface area contributed by atoms with Crippen molar-refractivity contribution in [3.05, 3.63) is 36.5 Å². The van der Waals surface area contributed by atoms with Crippen LogP contribution in [0, 0.1) is 0 Å². The van der Waals surface area contributed by atoms with Gasteiger partial charge in [-0.1, -0.05) is 276 Å². The van der Waals surface area contributed by atoms with Gasteiger partial charge in [0.2, 0.25) is 0 Å². The normalized spacial score (nSPS) is 12.2. The number of hydrogen-bond donors (Lipinski definition) is 0. The van der Waals surface area contributed by atoms with E-state index in [1.54, 1.807) is 0 Å². The molecule has 0 aromatic heterocycles. The lowest BCUT2D eigenvalue weighted by Gasteiger charge is -2.18. The molecule has 1 atom stereocenters. The smallest absolute Gasteiger partial charge is 0.306 e. The monoisotopic (exact) mass is 983 g/mol. The van der Waals surface area contributed by atoms with E-state index in [0.29, 0.717) is 19.3 Å². The van der Waals surface area contributed by atoms with Crippen LogP contribution in [0.1, 0.15) is 335 Å². The highest BCUT2D eigenvalue weighted by molar-refractivity contribution is 5.71. The van der Waals surface area contributed by atoms with E-state index in [9.17, 15) is 14.4 Å². The Morgan fingerprint density at radius 1 is 0.286 bits per heavy atom. The highest BCUT2D eigenvalue weighted by Crippen LogP contribution is 2.17. The van der Waals surface area contributed by atoms with Crippen molar-refractivity contribution in [3.8, 4) is 0 Å². The zero-order valence-corrected chi connectivity index (χ0v) is 47.1. The third-order valence-electron chi connectivity index (χ3n) is 13.9. The van der Waals surface area contributed by atoms with Crippen LogP contribution in [-0.2, 0) is 28.6 Å². The SMILES string of the molecule is CCCCC/C=C\C/C=C\CCCCCCCCCC(=O)OC(COC(=O)CCCCCCCCC/C=C\CCCCCCCC)COC(=O)CCCCCCCCCCCCCCCCCCCC. The summed E-state index contributed by atoms with van der Waals surface area (Å²) in [6, 6.07) is 0. The van der Waals surface area contributed by atoms with E-state index in [0.717, 1.165) is 70.6 Å². The molecule has 0 N–H and O–H groups in total. The fourth-order valence-corrected chi connectivity index (χ4v) is 9.18. The van der Waals surface area contributed by atoms with Gasteiger partial charge in [-0.3, -0.25) is 14.4 Å². The molecule has 0 bridgehead atoms. The van der Waals surface area contributed by atoms with E-state index in [1.807, 2.05) is 0 Å². The molecule has 6 heteroatoms. The third kappa shape index (κ3) is 56.5. The molecule has 0 spiro atoms. The number of esters is 3. The van der Waals surface area contributed by atoms with E-state index in [1.165, 1.54) is 225 Å². The van der Waals surface area contributed by atoms with Gasteiger partial charge in [0.05, 0.1) is 0 Å². The lowest BCUT2D eigenvalue weighted by Crippen LogP contribution is -2.30. The zero-order chi connectivity index (χ0) is 50.7. The van der Waals surface area contributed by atoms with Crippen LogP contribution in [-0.4, -0.2) is 37.2 Å². The lowest BCUT2D eigenvalue weighted by atomic mass is 10.0. The van der Waals surface area contributed by atoms with Crippen LogP contribution in [0.5, 0.6) is 0 Å². The standard InChI is InChI=1S/C64H118O6/c1-4-7-10-13-16-19-22-25-28-31-34-36-39-42-45-48-51-54-57-63(66)69-60-61(70-64(67)58-55-52-49-46-43-40-37-33-30-27-24-21-18-15-12-9-6-3)59-68-62(65)56-53-50-47-44-41-38-35-32-29-26-23-20-17-14-11-8-5-2/h18,21,26-27,29-30,61H,4-17,19-20,22-25,28,31-60H2,1-3H3/b21-18-,29-26-,30-27-. The second-order valence-electron chi connectivity index (χ2n) is 21.0. The summed E-state index contributed by atoms with van der Waals surface area (Å²) in [6.07, 6.45) is 71.4. The molecule has 1 unspecified atom stereocenters. The van der Waals surface area contributed by atoms with E-state index in [4.69, 9.17) is 14.2 Å². The van der Waals surface area contributed by atoms with Gasteiger partial charge in [0, 0.05) is 19.3 Å². The van der Waals surface area contributed by atoms with E-state index in [2.05, 4.69) is 57.2 Å². The first-order valence-electron chi connectivity index (χ1n) is 31.0. The average Bonchev–Trinajstić information content (AvgIpc) is 3.36.